The van der Waals surface area contributed by atoms with E-state index in [1.54, 1.807) is 0 Å². The van der Waals surface area contributed by atoms with Gasteiger partial charge in [-0.3, -0.25) is 14.9 Å². The molecular formula is C15H16BrNO2S. The first-order valence-corrected chi connectivity index (χ1v) is 8.72. The topological polar surface area (TPSA) is 46.2 Å². The minimum Gasteiger partial charge on any atom is -0.296 e. The van der Waals surface area contributed by atoms with Crippen molar-refractivity contribution in [3.63, 3.8) is 0 Å². The second-order valence-corrected chi connectivity index (χ2v) is 7.62. The van der Waals surface area contributed by atoms with Gasteiger partial charge < -0.3 is 0 Å². The van der Waals surface area contributed by atoms with Crippen molar-refractivity contribution in [3.05, 3.63) is 34.3 Å². The molecule has 1 aromatic rings. The molecule has 0 aliphatic carbocycles. The average Bonchev–Trinajstić information content (AvgIpc) is 2.38. The van der Waals surface area contributed by atoms with Gasteiger partial charge in [0.25, 0.3) is 0 Å². The van der Waals surface area contributed by atoms with Crippen molar-refractivity contribution in [1.29, 1.82) is 0 Å². The number of piperidine rings is 1. The van der Waals surface area contributed by atoms with E-state index in [-0.39, 0.29) is 23.1 Å². The summed E-state index contributed by atoms with van der Waals surface area (Å²) in [4.78, 5) is 24.3. The van der Waals surface area contributed by atoms with E-state index in [1.807, 2.05) is 36.0 Å². The van der Waals surface area contributed by atoms with Crippen molar-refractivity contribution in [2.24, 2.45) is 5.41 Å². The van der Waals surface area contributed by atoms with E-state index >= 15 is 0 Å². The van der Waals surface area contributed by atoms with Crippen molar-refractivity contribution >= 4 is 39.5 Å². The lowest BCUT2D eigenvalue weighted by Crippen LogP contribution is -2.52. The SMILES string of the molecule is O=C1CC2(CCCSC2)C(c2cccc(Br)c2)C(=O)N1. The molecular weight excluding hydrogens is 338 g/mol. The zero-order chi connectivity index (χ0) is 14.2. The fourth-order valence-electron chi connectivity index (χ4n) is 3.39. The van der Waals surface area contributed by atoms with E-state index in [0.717, 1.165) is 34.4 Å². The lowest BCUT2D eigenvalue weighted by Gasteiger charge is -2.45. The predicted octanol–water partition coefficient (Wildman–Crippen LogP) is 3.09. The van der Waals surface area contributed by atoms with Crippen molar-refractivity contribution in [3.8, 4) is 0 Å². The maximum atomic E-state index is 12.4. The predicted molar refractivity (Wildman–Crippen MR) is 83.6 cm³/mol. The molecule has 106 valence electrons. The van der Waals surface area contributed by atoms with E-state index in [0.29, 0.717) is 6.42 Å². The first-order valence-electron chi connectivity index (χ1n) is 6.78. The number of hydrogen-bond donors (Lipinski definition) is 1. The minimum atomic E-state index is -0.217. The van der Waals surface area contributed by atoms with Crippen LogP contribution in [0.2, 0.25) is 0 Å². The molecule has 2 aliphatic rings. The molecule has 5 heteroatoms. The number of imide groups is 1. The van der Waals surface area contributed by atoms with E-state index in [4.69, 9.17) is 0 Å². The van der Waals surface area contributed by atoms with Crippen LogP contribution in [0.1, 0.15) is 30.7 Å². The van der Waals surface area contributed by atoms with Gasteiger partial charge in [-0.1, -0.05) is 28.1 Å². The molecule has 2 amide bonds. The number of hydrogen-bond acceptors (Lipinski definition) is 3. The van der Waals surface area contributed by atoms with Gasteiger partial charge in [0.15, 0.2) is 0 Å². The summed E-state index contributed by atoms with van der Waals surface area (Å²) in [6.45, 7) is 0. The highest BCUT2D eigenvalue weighted by Gasteiger charge is 2.49. The number of carbonyl (C=O) groups is 2. The van der Waals surface area contributed by atoms with Gasteiger partial charge in [0.1, 0.15) is 0 Å². The molecule has 0 saturated carbocycles. The third-order valence-electron chi connectivity index (χ3n) is 4.18. The number of benzene rings is 1. The lowest BCUT2D eigenvalue weighted by atomic mass is 9.66. The summed E-state index contributed by atoms with van der Waals surface area (Å²) in [6.07, 6.45) is 2.50. The van der Waals surface area contributed by atoms with Crippen LogP contribution in [0.5, 0.6) is 0 Å². The van der Waals surface area contributed by atoms with Crippen LogP contribution in [-0.4, -0.2) is 23.3 Å². The van der Waals surface area contributed by atoms with Crippen molar-refractivity contribution < 1.29 is 9.59 Å². The van der Waals surface area contributed by atoms with Crippen LogP contribution in [0.3, 0.4) is 0 Å². The Labute approximate surface area is 131 Å². The number of carbonyl (C=O) groups excluding carboxylic acids is 2. The Balaban J connectivity index is 2.03. The molecule has 3 nitrogen and oxygen atoms in total. The van der Waals surface area contributed by atoms with Gasteiger partial charge in [-0.25, -0.2) is 0 Å². The van der Waals surface area contributed by atoms with Crippen molar-refractivity contribution in [2.45, 2.75) is 25.2 Å². The van der Waals surface area contributed by atoms with Gasteiger partial charge in [0, 0.05) is 22.1 Å². The highest BCUT2D eigenvalue weighted by Crippen LogP contribution is 2.50. The molecule has 1 N–H and O–H groups in total. The van der Waals surface area contributed by atoms with Gasteiger partial charge >= 0.3 is 0 Å². The Hall–Kier alpha value is -0.810. The molecule has 2 unspecified atom stereocenters. The number of halogens is 1. The van der Waals surface area contributed by atoms with Crippen LogP contribution >= 0.6 is 27.7 Å². The Morgan fingerprint density at radius 1 is 1.35 bits per heavy atom. The average molecular weight is 354 g/mol. The lowest BCUT2D eigenvalue weighted by molar-refractivity contribution is -0.139. The van der Waals surface area contributed by atoms with E-state index in [9.17, 15) is 9.59 Å². The van der Waals surface area contributed by atoms with E-state index in [1.165, 1.54) is 0 Å². The maximum absolute atomic E-state index is 12.4. The van der Waals surface area contributed by atoms with E-state index in [2.05, 4.69) is 21.2 Å². The number of nitrogens with one attached hydrogen (secondary N) is 1. The molecule has 20 heavy (non-hydrogen) atoms. The molecule has 2 saturated heterocycles. The highest BCUT2D eigenvalue weighted by molar-refractivity contribution is 9.10. The van der Waals surface area contributed by atoms with Crippen LogP contribution in [-0.2, 0) is 9.59 Å². The molecule has 2 fully saturated rings. The summed E-state index contributed by atoms with van der Waals surface area (Å²) in [6, 6.07) is 7.90. The highest BCUT2D eigenvalue weighted by atomic mass is 79.9. The summed E-state index contributed by atoms with van der Waals surface area (Å²) in [5.74, 6) is 1.54. The molecule has 0 aromatic heterocycles. The Kier molecular flexibility index (Phi) is 3.91. The third-order valence-corrected chi connectivity index (χ3v) is 6.03. The molecule has 2 atom stereocenters. The summed E-state index contributed by atoms with van der Waals surface area (Å²) < 4.78 is 0.971. The zero-order valence-corrected chi connectivity index (χ0v) is 13.4. The van der Waals surface area contributed by atoms with Gasteiger partial charge in [0.2, 0.25) is 11.8 Å². The van der Waals surface area contributed by atoms with Crippen molar-refractivity contribution in [1.82, 2.24) is 5.32 Å². The fraction of sp³-hybridized carbons (Fsp3) is 0.467. The van der Waals surface area contributed by atoms with Crippen LogP contribution in [0, 0.1) is 5.41 Å². The van der Waals surface area contributed by atoms with Gasteiger partial charge in [0.05, 0.1) is 5.92 Å². The Bertz CT molecular complexity index is 555. The van der Waals surface area contributed by atoms with Crippen LogP contribution in [0.4, 0.5) is 0 Å². The normalized spacial score (nSPS) is 30.4. The van der Waals surface area contributed by atoms with Gasteiger partial charge in [-0.05, 0) is 36.3 Å². The summed E-state index contributed by atoms with van der Waals surface area (Å²) in [7, 11) is 0. The Morgan fingerprint density at radius 3 is 2.90 bits per heavy atom. The smallest absolute Gasteiger partial charge is 0.234 e. The quantitative estimate of drug-likeness (QED) is 0.789. The molecule has 2 heterocycles. The van der Waals surface area contributed by atoms with Crippen LogP contribution in [0.25, 0.3) is 0 Å². The number of amides is 2. The molecule has 1 aromatic carbocycles. The standard InChI is InChI=1S/C15H16BrNO2S/c16-11-4-1-3-10(7-11)13-14(19)17-12(18)8-15(13)5-2-6-20-9-15/h1,3-4,7,13H,2,5-6,8-9H2,(H,17,18,19). The molecule has 0 radical (unpaired) electrons. The van der Waals surface area contributed by atoms with Crippen molar-refractivity contribution in [2.75, 3.05) is 11.5 Å². The minimum absolute atomic E-state index is 0.122. The van der Waals surface area contributed by atoms with Crippen LogP contribution < -0.4 is 5.32 Å². The largest absolute Gasteiger partial charge is 0.296 e. The van der Waals surface area contributed by atoms with Crippen LogP contribution in [0.15, 0.2) is 28.7 Å². The molecule has 2 aliphatic heterocycles. The second kappa shape index (κ2) is 5.53. The number of rotatable bonds is 1. The summed E-state index contributed by atoms with van der Waals surface area (Å²) in [5.41, 5.74) is 0.801. The monoisotopic (exact) mass is 353 g/mol. The first kappa shape index (κ1) is 14.1. The molecule has 1 spiro atoms. The summed E-state index contributed by atoms with van der Waals surface area (Å²) >= 11 is 5.33. The fourth-order valence-corrected chi connectivity index (χ4v) is 5.12. The van der Waals surface area contributed by atoms with E-state index < -0.39 is 0 Å². The molecule has 3 rings (SSSR count). The molecule has 0 bridgehead atoms. The zero-order valence-electron chi connectivity index (χ0n) is 11.0. The number of thioether (sulfide) groups is 1. The first-order chi connectivity index (χ1) is 9.61. The third kappa shape index (κ3) is 2.53. The maximum Gasteiger partial charge on any atom is 0.234 e. The van der Waals surface area contributed by atoms with Gasteiger partial charge in [-0.15, -0.1) is 0 Å². The van der Waals surface area contributed by atoms with Gasteiger partial charge in [-0.2, -0.15) is 11.8 Å². The Morgan fingerprint density at radius 2 is 2.20 bits per heavy atom. The summed E-state index contributed by atoms with van der Waals surface area (Å²) in [5, 5.41) is 2.52. The second-order valence-electron chi connectivity index (χ2n) is 5.60.